The second kappa shape index (κ2) is 4.51. The molecule has 0 spiro atoms. The van der Waals surface area contributed by atoms with E-state index >= 15 is 0 Å². The number of aromatic nitrogens is 1. The van der Waals surface area contributed by atoms with Gasteiger partial charge in [0.05, 0.1) is 6.61 Å². The lowest BCUT2D eigenvalue weighted by atomic mass is 10.2. The van der Waals surface area contributed by atoms with Crippen LogP contribution in [0.15, 0.2) is 18.2 Å². The minimum atomic E-state index is 0.523. The van der Waals surface area contributed by atoms with Crippen molar-refractivity contribution in [1.82, 2.24) is 4.98 Å². The first-order valence-corrected chi connectivity index (χ1v) is 5.66. The van der Waals surface area contributed by atoms with Crippen LogP contribution < -0.4 is 10.1 Å². The summed E-state index contributed by atoms with van der Waals surface area (Å²) in [6.45, 7) is 4.84. The molecule has 0 aliphatic heterocycles. The molecule has 0 saturated heterocycles. The molecule has 1 fully saturated rings. The van der Waals surface area contributed by atoms with Gasteiger partial charge in [-0.25, -0.2) is 0 Å². The highest BCUT2D eigenvalue weighted by molar-refractivity contribution is 5.38. The molecular weight excluding hydrogens is 188 g/mol. The van der Waals surface area contributed by atoms with E-state index < -0.39 is 0 Å². The third-order valence-corrected chi connectivity index (χ3v) is 2.72. The average Bonchev–Trinajstić information content (AvgIpc) is 3.01. The largest absolute Gasteiger partial charge is 0.478 e. The molecular formula is C12H18N2O. The fourth-order valence-electron chi connectivity index (χ4n) is 1.67. The number of nitrogens with zero attached hydrogens (tertiary/aromatic N) is 1. The van der Waals surface area contributed by atoms with Crippen molar-refractivity contribution in [3.05, 3.63) is 18.2 Å². The van der Waals surface area contributed by atoms with Crippen LogP contribution in [0, 0.1) is 5.92 Å². The SMILES string of the molecule is CCOc1cccc(NC(C)C2CC2)n1. The molecule has 1 atom stereocenters. The number of hydrogen-bond acceptors (Lipinski definition) is 3. The Morgan fingerprint density at radius 3 is 3.00 bits per heavy atom. The predicted molar refractivity (Wildman–Crippen MR) is 61.2 cm³/mol. The summed E-state index contributed by atoms with van der Waals surface area (Å²) in [6, 6.07) is 6.37. The maximum Gasteiger partial charge on any atom is 0.215 e. The predicted octanol–water partition coefficient (Wildman–Crippen LogP) is 2.69. The van der Waals surface area contributed by atoms with Gasteiger partial charge in [0.25, 0.3) is 0 Å². The normalized spacial score (nSPS) is 17.2. The van der Waals surface area contributed by atoms with Gasteiger partial charge in [-0.3, -0.25) is 0 Å². The third kappa shape index (κ3) is 2.85. The topological polar surface area (TPSA) is 34.1 Å². The Bertz CT molecular complexity index is 323. The molecule has 3 nitrogen and oxygen atoms in total. The van der Waals surface area contributed by atoms with E-state index in [1.54, 1.807) is 0 Å². The third-order valence-electron chi connectivity index (χ3n) is 2.72. The van der Waals surface area contributed by atoms with Crippen molar-refractivity contribution in [2.24, 2.45) is 5.92 Å². The van der Waals surface area contributed by atoms with Gasteiger partial charge in [-0.05, 0) is 38.7 Å². The Kier molecular flexibility index (Phi) is 3.09. The van der Waals surface area contributed by atoms with Gasteiger partial charge in [0, 0.05) is 12.1 Å². The van der Waals surface area contributed by atoms with Crippen LogP contribution in [0.3, 0.4) is 0 Å². The lowest BCUT2D eigenvalue weighted by molar-refractivity contribution is 0.327. The average molecular weight is 206 g/mol. The number of pyridine rings is 1. The molecule has 0 amide bonds. The molecule has 82 valence electrons. The van der Waals surface area contributed by atoms with Crippen molar-refractivity contribution in [2.45, 2.75) is 32.7 Å². The molecule has 1 saturated carbocycles. The van der Waals surface area contributed by atoms with E-state index in [4.69, 9.17) is 4.74 Å². The number of anilines is 1. The van der Waals surface area contributed by atoms with Crippen LogP contribution in [-0.2, 0) is 0 Å². The van der Waals surface area contributed by atoms with Crippen molar-refractivity contribution in [3.63, 3.8) is 0 Å². The fourth-order valence-corrected chi connectivity index (χ4v) is 1.67. The second-order valence-corrected chi connectivity index (χ2v) is 4.06. The fraction of sp³-hybridized carbons (Fsp3) is 0.583. The maximum atomic E-state index is 5.35. The van der Waals surface area contributed by atoms with E-state index in [-0.39, 0.29) is 0 Å². The molecule has 3 heteroatoms. The standard InChI is InChI=1S/C12H18N2O/c1-3-15-12-6-4-5-11(14-12)13-9(2)10-7-8-10/h4-6,9-10H,3,7-8H2,1-2H3,(H,13,14). The van der Waals surface area contributed by atoms with E-state index in [0.717, 1.165) is 11.7 Å². The minimum absolute atomic E-state index is 0.523. The molecule has 1 N–H and O–H groups in total. The Labute approximate surface area is 90.9 Å². The Balaban J connectivity index is 1.97. The van der Waals surface area contributed by atoms with Gasteiger partial charge in [-0.1, -0.05) is 6.07 Å². The monoisotopic (exact) mass is 206 g/mol. The molecule has 1 aromatic rings. The van der Waals surface area contributed by atoms with Crippen LogP contribution in [0.5, 0.6) is 5.88 Å². The summed E-state index contributed by atoms with van der Waals surface area (Å²) in [4.78, 5) is 4.38. The molecule has 1 unspecified atom stereocenters. The molecule has 15 heavy (non-hydrogen) atoms. The van der Waals surface area contributed by atoms with E-state index in [1.165, 1.54) is 12.8 Å². The smallest absolute Gasteiger partial charge is 0.215 e. The molecule has 2 rings (SSSR count). The summed E-state index contributed by atoms with van der Waals surface area (Å²) in [6.07, 6.45) is 2.69. The Hall–Kier alpha value is -1.25. The van der Waals surface area contributed by atoms with E-state index in [0.29, 0.717) is 18.5 Å². The van der Waals surface area contributed by atoms with Gasteiger partial charge in [0.2, 0.25) is 5.88 Å². The first-order chi connectivity index (χ1) is 7.29. The molecule has 0 radical (unpaired) electrons. The number of nitrogens with one attached hydrogen (secondary N) is 1. The molecule has 1 heterocycles. The second-order valence-electron chi connectivity index (χ2n) is 4.06. The summed E-state index contributed by atoms with van der Waals surface area (Å²) < 4.78 is 5.35. The maximum absolute atomic E-state index is 5.35. The zero-order chi connectivity index (χ0) is 10.7. The van der Waals surface area contributed by atoms with Crippen molar-refractivity contribution < 1.29 is 4.74 Å². The Morgan fingerprint density at radius 1 is 1.53 bits per heavy atom. The summed E-state index contributed by atoms with van der Waals surface area (Å²) in [5, 5.41) is 3.41. The highest BCUT2D eigenvalue weighted by Gasteiger charge is 2.27. The van der Waals surface area contributed by atoms with Crippen LogP contribution in [0.1, 0.15) is 26.7 Å². The molecule has 0 aromatic carbocycles. The lowest BCUT2D eigenvalue weighted by Gasteiger charge is -2.13. The lowest BCUT2D eigenvalue weighted by Crippen LogP contribution is -2.18. The quantitative estimate of drug-likeness (QED) is 0.804. The van der Waals surface area contributed by atoms with Crippen molar-refractivity contribution in [2.75, 3.05) is 11.9 Å². The number of rotatable bonds is 5. The van der Waals surface area contributed by atoms with Gasteiger partial charge >= 0.3 is 0 Å². The van der Waals surface area contributed by atoms with Crippen LogP contribution in [0.2, 0.25) is 0 Å². The number of hydrogen-bond donors (Lipinski definition) is 1. The van der Waals surface area contributed by atoms with Crippen LogP contribution in [0.4, 0.5) is 5.82 Å². The van der Waals surface area contributed by atoms with Crippen molar-refractivity contribution in [1.29, 1.82) is 0 Å². The van der Waals surface area contributed by atoms with Crippen LogP contribution in [-0.4, -0.2) is 17.6 Å². The van der Waals surface area contributed by atoms with Crippen molar-refractivity contribution >= 4 is 5.82 Å². The van der Waals surface area contributed by atoms with Gasteiger partial charge in [0.15, 0.2) is 0 Å². The summed E-state index contributed by atoms with van der Waals surface area (Å²) in [5.41, 5.74) is 0. The van der Waals surface area contributed by atoms with Gasteiger partial charge in [-0.2, -0.15) is 4.98 Å². The van der Waals surface area contributed by atoms with E-state index in [1.807, 2.05) is 25.1 Å². The summed E-state index contributed by atoms with van der Waals surface area (Å²) in [5.74, 6) is 2.45. The number of ether oxygens (including phenoxy) is 1. The van der Waals surface area contributed by atoms with Crippen molar-refractivity contribution in [3.8, 4) is 5.88 Å². The van der Waals surface area contributed by atoms with Gasteiger partial charge in [0.1, 0.15) is 5.82 Å². The minimum Gasteiger partial charge on any atom is -0.478 e. The molecule has 0 bridgehead atoms. The van der Waals surface area contributed by atoms with Gasteiger partial charge in [-0.15, -0.1) is 0 Å². The molecule has 1 aliphatic carbocycles. The highest BCUT2D eigenvalue weighted by atomic mass is 16.5. The van der Waals surface area contributed by atoms with E-state index in [2.05, 4.69) is 17.2 Å². The van der Waals surface area contributed by atoms with Gasteiger partial charge < -0.3 is 10.1 Å². The molecule has 1 aliphatic rings. The molecule has 1 aromatic heterocycles. The Morgan fingerprint density at radius 2 is 2.33 bits per heavy atom. The summed E-state index contributed by atoms with van der Waals surface area (Å²) in [7, 11) is 0. The van der Waals surface area contributed by atoms with Crippen LogP contribution in [0.25, 0.3) is 0 Å². The zero-order valence-electron chi connectivity index (χ0n) is 9.36. The van der Waals surface area contributed by atoms with E-state index in [9.17, 15) is 0 Å². The first-order valence-electron chi connectivity index (χ1n) is 5.66. The highest BCUT2D eigenvalue weighted by Crippen LogP contribution is 2.33. The van der Waals surface area contributed by atoms with Crippen LogP contribution >= 0.6 is 0 Å². The first kappa shape index (κ1) is 10.3. The zero-order valence-corrected chi connectivity index (χ0v) is 9.36. The summed E-state index contributed by atoms with van der Waals surface area (Å²) >= 11 is 0.